The molecule has 134 valence electrons. The van der Waals surface area contributed by atoms with Gasteiger partial charge in [-0.25, -0.2) is 0 Å². The zero-order valence-corrected chi connectivity index (χ0v) is 16.1. The predicted octanol–water partition coefficient (Wildman–Crippen LogP) is 3.89. The molecule has 0 bridgehead atoms. The Bertz CT molecular complexity index is 893. The van der Waals surface area contributed by atoms with Gasteiger partial charge in [0.15, 0.2) is 0 Å². The second-order valence-corrected chi connectivity index (χ2v) is 8.67. The largest absolute Gasteiger partial charge is 0.369 e. The molecule has 1 fully saturated rings. The first-order chi connectivity index (χ1) is 12.8. The van der Waals surface area contributed by atoms with Crippen LogP contribution in [0.1, 0.15) is 21.9 Å². The van der Waals surface area contributed by atoms with Crippen molar-refractivity contribution < 1.29 is 0 Å². The van der Waals surface area contributed by atoms with Crippen molar-refractivity contribution in [3.8, 4) is 0 Å². The van der Waals surface area contributed by atoms with E-state index >= 15 is 0 Å². The van der Waals surface area contributed by atoms with E-state index < -0.39 is 0 Å². The molecule has 2 aromatic carbocycles. The molecule has 0 amide bonds. The zero-order chi connectivity index (χ0) is 17.5. The maximum atomic E-state index is 3.45. The van der Waals surface area contributed by atoms with E-state index in [1.165, 1.54) is 31.8 Å². The number of nitrogens with one attached hydrogen (secondary N) is 1. The predicted molar refractivity (Wildman–Crippen MR) is 112 cm³/mol. The molecular weight excluding hydrogens is 338 g/mol. The van der Waals surface area contributed by atoms with E-state index in [2.05, 4.69) is 70.7 Å². The highest BCUT2D eigenvalue weighted by Crippen LogP contribution is 2.39. The minimum Gasteiger partial charge on any atom is -0.369 e. The van der Waals surface area contributed by atoms with Crippen LogP contribution in [0.4, 0.5) is 5.69 Å². The highest BCUT2D eigenvalue weighted by Gasteiger charge is 2.27. The van der Waals surface area contributed by atoms with E-state index in [0.717, 1.165) is 39.3 Å². The molecule has 1 aromatic heterocycles. The average molecular weight is 364 g/mol. The van der Waals surface area contributed by atoms with E-state index in [4.69, 9.17) is 0 Å². The molecule has 3 aromatic rings. The minimum absolute atomic E-state index is 0.484. The Morgan fingerprint density at radius 1 is 1.04 bits per heavy atom. The van der Waals surface area contributed by atoms with E-state index in [1.54, 1.807) is 0 Å². The summed E-state index contributed by atoms with van der Waals surface area (Å²) in [7, 11) is 2.25. The zero-order valence-electron chi connectivity index (χ0n) is 15.2. The normalized spacial score (nSPS) is 21.1. The minimum atomic E-state index is 0.484. The van der Waals surface area contributed by atoms with E-state index in [0.29, 0.717) is 5.92 Å². The lowest BCUT2D eigenvalue weighted by Gasteiger charge is -2.34. The number of hydrogen-bond acceptors (Lipinski definition) is 4. The molecule has 1 saturated heterocycles. The van der Waals surface area contributed by atoms with Crippen LogP contribution in [0.2, 0.25) is 0 Å². The Hall–Kier alpha value is -1.88. The van der Waals surface area contributed by atoms with Crippen LogP contribution in [0.5, 0.6) is 0 Å². The van der Waals surface area contributed by atoms with Crippen molar-refractivity contribution in [2.75, 3.05) is 44.7 Å². The Morgan fingerprint density at radius 2 is 1.88 bits per heavy atom. The summed E-state index contributed by atoms with van der Waals surface area (Å²) >= 11 is 1.96. The monoisotopic (exact) mass is 363 g/mol. The average Bonchev–Trinajstić information content (AvgIpc) is 3.11. The second kappa shape index (κ2) is 6.69. The lowest BCUT2D eigenvalue weighted by Crippen LogP contribution is -2.43. The number of hydrogen-bond donors (Lipinski definition) is 1. The van der Waals surface area contributed by atoms with Gasteiger partial charge in [-0.2, -0.15) is 0 Å². The molecule has 5 rings (SSSR count). The highest BCUT2D eigenvalue weighted by atomic mass is 32.1. The number of benzene rings is 2. The summed E-state index contributed by atoms with van der Waals surface area (Å²) in [6.45, 7) is 6.54. The fraction of sp³-hybridized carbons (Fsp3) is 0.364. The van der Waals surface area contributed by atoms with Gasteiger partial charge in [0.25, 0.3) is 0 Å². The summed E-state index contributed by atoms with van der Waals surface area (Å²) in [5.74, 6) is 0.484. The van der Waals surface area contributed by atoms with Gasteiger partial charge >= 0.3 is 0 Å². The van der Waals surface area contributed by atoms with Crippen LogP contribution < -0.4 is 10.2 Å². The quantitative estimate of drug-likeness (QED) is 0.745. The van der Waals surface area contributed by atoms with Crippen LogP contribution in [0, 0.1) is 0 Å². The first kappa shape index (κ1) is 16.3. The van der Waals surface area contributed by atoms with Crippen LogP contribution in [-0.2, 0) is 6.54 Å². The van der Waals surface area contributed by atoms with Gasteiger partial charge < -0.3 is 15.1 Å². The molecule has 0 radical (unpaired) electrons. The SMILES string of the molecule is CN1Cc2cc(N3CCNCC3)ccc2C(c2cc3ccccc3s2)C1. The van der Waals surface area contributed by atoms with Crippen molar-refractivity contribution in [1.29, 1.82) is 0 Å². The lowest BCUT2D eigenvalue weighted by atomic mass is 9.88. The van der Waals surface area contributed by atoms with Crippen LogP contribution in [-0.4, -0.2) is 44.7 Å². The van der Waals surface area contributed by atoms with Crippen LogP contribution in [0.15, 0.2) is 48.5 Å². The van der Waals surface area contributed by atoms with Crippen molar-refractivity contribution in [1.82, 2.24) is 10.2 Å². The fourth-order valence-corrected chi connectivity index (χ4v) is 5.55. The summed E-state index contributed by atoms with van der Waals surface area (Å²) in [5, 5.41) is 4.82. The Labute approximate surface area is 159 Å². The molecule has 1 atom stereocenters. The number of fused-ring (bicyclic) bond motifs is 2. The van der Waals surface area contributed by atoms with Gasteiger partial charge in [-0.1, -0.05) is 24.3 Å². The Morgan fingerprint density at radius 3 is 2.73 bits per heavy atom. The molecule has 3 heterocycles. The summed E-state index contributed by atoms with van der Waals surface area (Å²) in [6, 6.07) is 18.3. The standard InChI is InChI=1S/C22H25N3S/c1-24-14-17-12-18(25-10-8-23-9-11-25)6-7-19(17)20(15-24)22-13-16-4-2-3-5-21(16)26-22/h2-7,12-13,20,23H,8-11,14-15H2,1H3. The Kier molecular flexibility index (Phi) is 4.20. The molecule has 4 heteroatoms. The molecule has 0 aliphatic carbocycles. The van der Waals surface area contributed by atoms with Gasteiger partial charge in [0.1, 0.15) is 0 Å². The van der Waals surface area contributed by atoms with E-state index in [-0.39, 0.29) is 0 Å². The third-order valence-corrected chi connectivity index (χ3v) is 6.94. The third-order valence-electron chi connectivity index (χ3n) is 5.71. The number of thiophene rings is 1. The molecule has 1 unspecified atom stereocenters. The highest BCUT2D eigenvalue weighted by molar-refractivity contribution is 7.19. The van der Waals surface area contributed by atoms with Crippen LogP contribution in [0.25, 0.3) is 10.1 Å². The number of piperazine rings is 1. The van der Waals surface area contributed by atoms with Gasteiger partial charge in [0.2, 0.25) is 0 Å². The molecule has 0 spiro atoms. The number of nitrogens with zero attached hydrogens (tertiary/aromatic N) is 2. The second-order valence-electron chi connectivity index (χ2n) is 7.56. The van der Waals surface area contributed by atoms with Gasteiger partial charge in [-0.05, 0) is 47.8 Å². The summed E-state index contributed by atoms with van der Waals surface area (Å²) < 4.78 is 1.40. The van der Waals surface area contributed by atoms with Crippen LogP contribution in [0.3, 0.4) is 0 Å². The lowest BCUT2D eigenvalue weighted by molar-refractivity contribution is 0.296. The van der Waals surface area contributed by atoms with Crippen molar-refractivity contribution in [2.24, 2.45) is 0 Å². The van der Waals surface area contributed by atoms with E-state index in [9.17, 15) is 0 Å². The van der Waals surface area contributed by atoms with Gasteiger partial charge in [-0.15, -0.1) is 11.3 Å². The first-order valence-corrected chi connectivity index (χ1v) is 10.3. The fourth-order valence-electron chi connectivity index (χ4n) is 4.37. The summed E-state index contributed by atoms with van der Waals surface area (Å²) in [6.07, 6.45) is 0. The van der Waals surface area contributed by atoms with Gasteiger partial charge in [-0.3, -0.25) is 0 Å². The number of rotatable bonds is 2. The molecular formula is C22H25N3S. The van der Waals surface area contributed by atoms with Crippen molar-refractivity contribution in [3.05, 3.63) is 64.5 Å². The third kappa shape index (κ3) is 2.92. The van der Waals surface area contributed by atoms with Gasteiger partial charge in [0.05, 0.1) is 0 Å². The van der Waals surface area contributed by atoms with Gasteiger partial charge in [0, 0.05) is 60.5 Å². The van der Waals surface area contributed by atoms with Crippen molar-refractivity contribution in [2.45, 2.75) is 12.5 Å². The number of likely N-dealkylation sites (N-methyl/N-ethyl adjacent to an activating group) is 1. The Balaban J connectivity index is 1.53. The molecule has 26 heavy (non-hydrogen) atoms. The molecule has 3 nitrogen and oxygen atoms in total. The molecule has 2 aliphatic rings. The first-order valence-electron chi connectivity index (χ1n) is 9.53. The smallest absolute Gasteiger partial charge is 0.0370 e. The molecule has 1 N–H and O–H groups in total. The van der Waals surface area contributed by atoms with E-state index in [1.807, 2.05) is 11.3 Å². The van der Waals surface area contributed by atoms with Crippen molar-refractivity contribution in [3.63, 3.8) is 0 Å². The summed E-state index contributed by atoms with van der Waals surface area (Å²) in [4.78, 5) is 6.48. The molecule has 2 aliphatic heterocycles. The number of anilines is 1. The molecule has 0 saturated carbocycles. The maximum absolute atomic E-state index is 3.45. The maximum Gasteiger partial charge on any atom is 0.0370 e. The van der Waals surface area contributed by atoms with Crippen molar-refractivity contribution >= 4 is 27.1 Å². The topological polar surface area (TPSA) is 18.5 Å². The summed E-state index contributed by atoms with van der Waals surface area (Å²) in [5.41, 5.74) is 4.40. The van der Waals surface area contributed by atoms with Crippen LogP contribution >= 0.6 is 11.3 Å².